The predicted molar refractivity (Wildman–Crippen MR) is 97.2 cm³/mol. The molecule has 1 saturated heterocycles. The monoisotopic (exact) mass is 380 g/mol. The Bertz CT molecular complexity index is 685. The summed E-state index contributed by atoms with van der Waals surface area (Å²) in [7, 11) is 1.31. The van der Waals surface area contributed by atoms with E-state index >= 15 is 0 Å². The highest BCUT2D eigenvalue weighted by molar-refractivity contribution is 5.36. The van der Waals surface area contributed by atoms with Crippen molar-refractivity contribution < 1.29 is 22.7 Å². The van der Waals surface area contributed by atoms with E-state index in [1.807, 2.05) is 30.3 Å². The Morgan fingerprint density at radius 2 is 1.52 bits per heavy atom. The number of benzene rings is 2. The van der Waals surface area contributed by atoms with Gasteiger partial charge in [0.1, 0.15) is 0 Å². The zero-order chi connectivity index (χ0) is 19.7. The molecular weight excluding hydrogens is 357 g/mol. The maximum atomic E-state index is 12.8. The van der Waals surface area contributed by atoms with Gasteiger partial charge < -0.3 is 10.1 Å². The fraction of sp³-hybridized carbons (Fsp3) is 0.350. The van der Waals surface area contributed by atoms with E-state index < -0.39 is 11.7 Å². The quantitative estimate of drug-likeness (QED) is 0.825. The highest BCUT2D eigenvalue weighted by Crippen LogP contribution is 2.33. The number of methoxy groups -OCH3 is 1. The fourth-order valence-electron chi connectivity index (χ4n) is 3.04. The highest BCUT2D eigenvalue weighted by Gasteiger charge is 2.31. The molecule has 0 aromatic heterocycles. The molecule has 146 valence electrons. The number of piperazine rings is 1. The standard InChI is InChI=1S/C18H19F3N2.C2H4O2/c19-18(20,21)16-8-6-15(7-9-16)17(14-4-2-1-3-5-14)23-12-10-22-11-13-23;1-4-2-3/h1-9,17,22H,10-13H2;2H,1H3. The molecule has 4 nitrogen and oxygen atoms in total. The van der Waals surface area contributed by atoms with Crippen molar-refractivity contribution in [1.82, 2.24) is 10.2 Å². The van der Waals surface area contributed by atoms with Gasteiger partial charge in [-0.15, -0.1) is 0 Å². The molecule has 1 fully saturated rings. The molecule has 0 saturated carbocycles. The number of halogens is 3. The maximum absolute atomic E-state index is 12.8. The number of hydrogen-bond acceptors (Lipinski definition) is 4. The average Bonchev–Trinajstić information content (AvgIpc) is 2.70. The van der Waals surface area contributed by atoms with Crippen molar-refractivity contribution in [3.63, 3.8) is 0 Å². The maximum Gasteiger partial charge on any atom is 0.416 e. The lowest BCUT2D eigenvalue weighted by Gasteiger charge is -2.35. The van der Waals surface area contributed by atoms with Gasteiger partial charge in [-0.2, -0.15) is 13.2 Å². The van der Waals surface area contributed by atoms with Crippen molar-refractivity contribution in [2.75, 3.05) is 33.3 Å². The van der Waals surface area contributed by atoms with Crippen molar-refractivity contribution in [3.8, 4) is 0 Å². The van der Waals surface area contributed by atoms with Gasteiger partial charge in [0, 0.05) is 26.2 Å². The molecule has 1 N–H and O–H groups in total. The van der Waals surface area contributed by atoms with Gasteiger partial charge in [0.15, 0.2) is 0 Å². The lowest BCUT2D eigenvalue weighted by molar-refractivity contribution is -0.137. The smallest absolute Gasteiger partial charge is 0.416 e. The SMILES string of the molecule is COC=O.FC(F)(F)c1ccc(C(c2ccccc2)N2CCNCC2)cc1. The van der Waals surface area contributed by atoms with Crippen LogP contribution in [-0.4, -0.2) is 44.7 Å². The summed E-state index contributed by atoms with van der Waals surface area (Å²) < 4.78 is 42.2. The number of hydrogen-bond donors (Lipinski definition) is 1. The minimum absolute atomic E-state index is 0.0133. The molecule has 27 heavy (non-hydrogen) atoms. The zero-order valence-electron chi connectivity index (χ0n) is 15.1. The van der Waals surface area contributed by atoms with E-state index in [1.54, 1.807) is 12.1 Å². The molecular formula is C20H23F3N2O2. The van der Waals surface area contributed by atoms with Crippen LogP contribution in [0.4, 0.5) is 13.2 Å². The lowest BCUT2D eigenvalue weighted by atomic mass is 9.95. The van der Waals surface area contributed by atoms with Crippen LogP contribution in [0, 0.1) is 0 Å². The molecule has 3 rings (SSSR count). The third kappa shape index (κ3) is 6.08. The highest BCUT2D eigenvalue weighted by atomic mass is 19.4. The Morgan fingerprint density at radius 1 is 1.00 bits per heavy atom. The van der Waals surface area contributed by atoms with E-state index in [0.717, 1.165) is 37.3 Å². The third-order valence-corrected chi connectivity index (χ3v) is 4.28. The molecule has 1 aliphatic rings. The van der Waals surface area contributed by atoms with Crippen LogP contribution in [-0.2, 0) is 15.7 Å². The molecule has 7 heteroatoms. The fourth-order valence-corrected chi connectivity index (χ4v) is 3.04. The number of nitrogens with zero attached hydrogens (tertiary/aromatic N) is 1. The number of carbonyl (C=O) groups is 1. The van der Waals surface area contributed by atoms with Crippen LogP contribution < -0.4 is 5.32 Å². The largest absolute Gasteiger partial charge is 0.471 e. The molecule has 1 heterocycles. The second-order valence-corrected chi connectivity index (χ2v) is 6.05. The number of carbonyl (C=O) groups excluding carboxylic acids is 1. The first-order valence-corrected chi connectivity index (χ1v) is 8.60. The predicted octanol–water partition coefficient (Wildman–Crippen LogP) is 3.49. The third-order valence-electron chi connectivity index (χ3n) is 4.28. The molecule has 0 aliphatic carbocycles. The minimum Gasteiger partial charge on any atom is -0.471 e. The first-order valence-electron chi connectivity index (χ1n) is 8.60. The molecule has 1 atom stereocenters. The molecule has 2 aromatic carbocycles. The number of nitrogens with one attached hydrogen (secondary N) is 1. The van der Waals surface area contributed by atoms with Crippen LogP contribution in [0.15, 0.2) is 54.6 Å². The summed E-state index contributed by atoms with van der Waals surface area (Å²) in [5.74, 6) is 0. The number of rotatable bonds is 4. The van der Waals surface area contributed by atoms with Crippen molar-refractivity contribution >= 4 is 6.47 Å². The molecule has 0 bridgehead atoms. The van der Waals surface area contributed by atoms with E-state index in [9.17, 15) is 13.2 Å². The van der Waals surface area contributed by atoms with Crippen LogP contribution in [0.5, 0.6) is 0 Å². The Hall–Kier alpha value is -2.38. The van der Waals surface area contributed by atoms with Gasteiger partial charge in [-0.05, 0) is 23.3 Å². The van der Waals surface area contributed by atoms with Crippen molar-refractivity contribution in [2.45, 2.75) is 12.2 Å². The topological polar surface area (TPSA) is 41.6 Å². The molecule has 0 amide bonds. The summed E-state index contributed by atoms with van der Waals surface area (Å²) in [5, 5.41) is 3.31. The average molecular weight is 380 g/mol. The summed E-state index contributed by atoms with van der Waals surface area (Å²) in [6, 6.07) is 15.5. The first-order chi connectivity index (χ1) is 13.0. The van der Waals surface area contributed by atoms with Crippen molar-refractivity contribution in [1.29, 1.82) is 0 Å². The summed E-state index contributed by atoms with van der Waals surface area (Å²) >= 11 is 0. The van der Waals surface area contributed by atoms with Gasteiger partial charge in [-0.3, -0.25) is 9.69 Å². The van der Waals surface area contributed by atoms with E-state index in [2.05, 4.69) is 15.0 Å². The summed E-state index contributed by atoms with van der Waals surface area (Å²) in [5.41, 5.74) is 1.40. The lowest BCUT2D eigenvalue weighted by Crippen LogP contribution is -2.45. The molecule has 0 radical (unpaired) electrons. The number of ether oxygens (including phenoxy) is 1. The first kappa shape index (κ1) is 20.9. The van der Waals surface area contributed by atoms with Crippen molar-refractivity contribution in [2.24, 2.45) is 0 Å². The van der Waals surface area contributed by atoms with Gasteiger partial charge in [0.25, 0.3) is 6.47 Å². The van der Waals surface area contributed by atoms with Crippen LogP contribution in [0.3, 0.4) is 0 Å². The second kappa shape index (κ2) is 10.1. The Balaban J connectivity index is 0.000000596. The van der Waals surface area contributed by atoms with Gasteiger partial charge in [0.05, 0.1) is 18.7 Å². The van der Waals surface area contributed by atoms with Crippen molar-refractivity contribution in [3.05, 3.63) is 71.3 Å². The Labute approximate surface area is 156 Å². The van der Waals surface area contributed by atoms with E-state index in [-0.39, 0.29) is 6.04 Å². The number of alkyl halides is 3. The van der Waals surface area contributed by atoms with Gasteiger partial charge >= 0.3 is 6.18 Å². The van der Waals surface area contributed by atoms with Crippen LogP contribution >= 0.6 is 0 Å². The summed E-state index contributed by atoms with van der Waals surface area (Å²) in [6.07, 6.45) is -4.30. The van der Waals surface area contributed by atoms with E-state index in [1.165, 1.54) is 19.2 Å². The second-order valence-electron chi connectivity index (χ2n) is 6.05. The van der Waals surface area contributed by atoms with Crippen LogP contribution in [0.2, 0.25) is 0 Å². The minimum atomic E-state index is -4.30. The zero-order valence-corrected chi connectivity index (χ0v) is 15.1. The van der Waals surface area contributed by atoms with Gasteiger partial charge in [0.2, 0.25) is 0 Å². The molecule has 0 spiro atoms. The van der Waals surface area contributed by atoms with Gasteiger partial charge in [-0.25, -0.2) is 0 Å². The van der Waals surface area contributed by atoms with Crippen LogP contribution in [0.1, 0.15) is 22.7 Å². The normalized spacial score (nSPS) is 16.0. The summed E-state index contributed by atoms with van der Waals surface area (Å²) in [6.45, 7) is 3.91. The summed E-state index contributed by atoms with van der Waals surface area (Å²) in [4.78, 5) is 11.3. The van der Waals surface area contributed by atoms with E-state index in [4.69, 9.17) is 4.79 Å². The Morgan fingerprint density at radius 3 is 2.00 bits per heavy atom. The molecule has 2 aromatic rings. The van der Waals surface area contributed by atoms with Gasteiger partial charge in [-0.1, -0.05) is 42.5 Å². The van der Waals surface area contributed by atoms with Crippen LogP contribution in [0.25, 0.3) is 0 Å². The Kier molecular flexibility index (Phi) is 7.82. The molecule has 1 aliphatic heterocycles. The van der Waals surface area contributed by atoms with E-state index in [0.29, 0.717) is 6.47 Å². The molecule has 1 unspecified atom stereocenters.